The van der Waals surface area contributed by atoms with E-state index in [9.17, 15) is 18.0 Å². The lowest BCUT2D eigenvalue weighted by Crippen LogP contribution is -2.40. The van der Waals surface area contributed by atoms with E-state index in [1.54, 1.807) is 24.3 Å². The van der Waals surface area contributed by atoms with Gasteiger partial charge >= 0.3 is 11.8 Å². The summed E-state index contributed by atoms with van der Waals surface area (Å²) in [6.45, 7) is -0.0395. The van der Waals surface area contributed by atoms with Gasteiger partial charge in [0.2, 0.25) is 0 Å². The van der Waals surface area contributed by atoms with Crippen molar-refractivity contribution < 1.29 is 27.5 Å². The number of hydrogen-bond donors (Lipinski definition) is 2. The molecular formula is C17H19ClN4O6S. The lowest BCUT2D eigenvalue weighted by Gasteiger charge is -2.14. The Morgan fingerprint density at radius 2 is 1.83 bits per heavy atom. The Hall–Kier alpha value is -2.47. The summed E-state index contributed by atoms with van der Waals surface area (Å²) in [7, 11) is -0.561. The molecule has 1 aromatic carbocycles. The smallest absolute Gasteiger partial charge is 0.314 e. The molecule has 1 aromatic heterocycles. The Balaban J connectivity index is 1.86. The Morgan fingerprint density at radius 3 is 2.45 bits per heavy atom. The van der Waals surface area contributed by atoms with Crippen LogP contribution < -0.4 is 10.6 Å². The Labute approximate surface area is 172 Å². The van der Waals surface area contributed by atoms with Crippen LogP contribution in [0.4, 0.5) is 5.82 Å². The molecule has 10 nitrogen and oxygen atoms in total. The normalized spacial score (nSPS) is 14.6. The van der Waals surface area contributed by atoms with Crippen LogP contribution in [0.5, 0.6) is 0 Å². The van der Waals surface area contributed by atoms with E-state index in [1.165, 1.54) is 18.9 Å². The van der Waals surface area contributed by atoms with Gasteiger partial charge in [-0.1, -0.05) is 11.6 Å². The third kappa shape index (κ3) is 4.75. The van der Waals surface area contributed by atoms with Crippen LogP contribution in [0.25, 0.3) is 5.69 Å². The van der Waals surface area contributed by atoms with Crippen LogP contribution in [0.3, 0.4) is 0 Å². The Kier molecular flexibility index (Phi) is 6.22. The van der Waals surface area contributed by atoms with Gasteiger partial charge in [0.1, 0.15) is 5.82 Å². The zero-order valence-corrected chi connectivity index (χ0v) is 17.2. The van der Waals surface area contributed by atoms with Crippen molar-refractivity contribution in [1.82, 2.24) is 15.1 Å². The predicted molar refractivity (Wildman–Crippen MR) is 104 cm³/mol. The van der Waals surface area contributed by atoms with Crippen LogP contribution in [0, 0.1) is 0 Å². The zero-order chi connectivity index (χ0) is 21.2. The molecule has 0 bridgehead atoms. The molecule has 2 heterocycles. The van der Waals surface area contributed by atoms with Gasteiger partial charge in [-0.3, -0.25) is 9.59 Å². The van der Waals surface area contributed by atoms with Gasteiger partial charge < -0.3 is 20.1 Å². The number of carbonyl (C=O) groups is 2. The molecule has 2 N–H and O–H groups in total. The first-order valence-corrected chi connectivity index (χ1v) is 10.7. The van der Waals surface area contributed by atoms with Crippen molar-refractivity contribution in [3.05, 3.63) is 40.5 Å². The Bertz CT molecular complexity index is 1030. The number of rotatable bonds is 6. The molecule has 12 heteroatoms. The highest BCUT2D eigenvalue weighted by atomic mass is 35.5. The van der Waals surface area contributed by atoms with E-state index >= 15 is 0 Å². The molecule has 1 aliphatic heterocycles. The molecule has 29 heavy (non-hydrogen) atoms. The summed E-state index contributed by atoms with van der Waals surface area (Å²) in [5, 5.41) is 9.67. The summed E-state index contributed by atoms with van der Waals surface area (Å²) in [6.07, 6.45) is -0.708. The van der Waals surface area contributed by atoms with Crippen molar-refractivity contribution in [3.63, 3.8) is 0 Å². The van der Waals surface area contributed by atoms with Crippen LogP contribution >= 0.6 is 11.6 Å². The fraction of sp³-hybridized carbons (Fsp3) is 0.353. The number of halogens is 1. The maximum absolute atomic E-state index is 12.4. The SMILES string of the molecule is COC(CNC(=O)C(=O)Nc1c2c(nn1-c1ccc(Cl)cc1)CS(=O)(=O)C2)OC. The number of sulfone groups is 1. The highest BCUT2D eigenvalue weighted by Gasteiger charge is 2.34. The predicted octanol–water partition coefficient (Wildman–Crippen LogP) is 0.628. The minimum Gasteiger partial charge on any atom is -0.354 e. The second kappa shape index (κ2) is 8.49. The number of amides is 2. The quantitative estimate of drug-likeness (QED) is 0.495. The van der Waals surface area contributed by atoms with Gasteiger partial charge in [-0.25, -0.2) is 13.1 Å². The van der Waals surface area contributed by atoms with Crippen LogP contribution in [0.2, 0.25) is 5.02 Å². The van der Waals surface area contributed by atoms with Gasteiger partial charge in [0.15, 0.2) is 16.1 Å². The minimum absolute atomic E-state index is 0.0395. The topological polar surface area (TPSA) is 129 Å². The monoisotopic (exact) mass is 442 g/mol. The van der Waals surface area contributed by atoms with Crippen LogP contribution in [-0.4, -0.2) is 57.1 Å². The zero-order valence-electron chi connectivity index (χ0n) is 15.6. The van der Waals surface area contributed by atoms with Crippen molar-refractivity contribution in [2.45, 2.75) is 17.8 Å². The summed E-state index contributed by atoms with van der Waals surface area (Å²) in [6, 6.07) is 6.59. The molecule has 0 unspecified atom stereocenters. The number of methoxy groups -OCH3 is 2. The van der Waals surface area contributed by atoms with Crippen molar-refractivity contribution in [2.24, 2.45) is 0 Å². The molecule has 1 aliphatic rings. The first-order valence-electron chi connectivity index (χ1n) is 8.46. The summed E-state index contributed by atoms with van der Waals surface area (Å²) >= 11 is 5.91. The van der Waals surface area contributed by atoms with Crippen molar-refractivity contribution >= 4 is 39.1 Å². The molecule has 0 aliphatic carbocycles. The van der Waals surface area contributed by atoms with Gasteiger partial charge in [0.05, 0.1) is 29.4 Å². The minimum atomic E-state index is -3.36. The molecule has 0 spiro atoms. The van der Waals surface area contributed by atoms with E-state index in [1.807, 2.05) is 0 Å². The molecule has 0 fully saturated rings. The molecule has 0 saturated carbocycles. The number of nitrogens with one attached hydrogen (secondary N) is 2. The molecule has 0 saturated heterocycles. The van der Waals surface area contributed by atoms with Gasteiger partial charge in [-0.2, -0.15) is 5.10 Å². The number of fused-ring (bicyclic) bond motifs is 1. The number of carbonyl (C=O) groups excluding carboxylic acids is 2. The molecule has 0 radical (unpaired) electrons. The van der Waals surface area contributed by atoms with Crippen molar-refractivity contribution in [1.29, 1.82) is 0 Å². The number of ether oxygens (including phenoxy) is 2. The second-order valence-corrected chi connectivity index (χ2v) is 8.76. The maximum atomic E-state index is 12.4. The van der Waals surface area contributed by atoms with Crippen LogP contribution in [0.15, 0.2) is 24.3 Å². The standard InChI is InChI=1S/C17H19ClN4O6S/c1-27-14(28-2)7-19-16(23)17(24)20-15-12-8-29(25,26)9-13(12)21-22(15)11-5-3-10(18)4-6-11/h3-6,14H,7-9H2,1-2H3,(H,19,23)(H,20,24). The molecule has 0 atom stereocenters. The summed E-state index contributed by atoms with van der Waals surface area (Å²) < 4.78 is 35.2. The van der Waals surface area contributed by atoms with Gasteiger partial charge in [0.25, 0.3) is 0 Å². The van der Waals surface area contributed by atoms with E-state index in [2.05, 4.69) is 15.7 Å². The lowest BCUT2D eigenvalue weighted by atomic mass is 10.2. The third-order valence-corrected chi connectivity index (χ3v) is 5.95. The first kappa shape index (κ1) is 21.2. The number of hydrogen-bond acceptors (Lipinski definition) is 7. The molecule has 156 valence electrons. The average Bonchev–Trinajstić information content (AvgIpc) is 3.15. The molecule has 2 aromatic rings. The van der Waals surface area contributed by atoms with E-state index in [0.717, 1.165) is 0 Å². The lowest BCUT2D eigenvalue weighted by molar-refractivity contribution is -0.139. The van der Waals surface area contributed by atoms with Gasteiger partial charge in [0, 0.05) is 24.8 Å². The summed E-state index contributed by atoms with van der Waals surface area (Å²) in [5.41, 5.74) is 1.23. The third-order valence-electron chi connectivity index (χ3n) is 4.25. The number of anilines is 1. The van der Waals surface area contributed by atoms with E-state index in [4.69, 9.17) is 21.1 Å². The second-order valence-electron chi connectivity index (χ2n) is 6.26. The summed E-state index contributed by atoms with van der Waals surface area (Å²) in [4.78, 5) is 24.5. The molecule has 2 amide bonds. The molecule has 3 rings (SSSR count). The van der Waals surface area contributed by atoms with Crippen LogP contribution in [-0.2, 0) is 40.4 Å². The van der Waals surface area contributed by atoms with E-state index < -0.39 is 27.9 Å². The van der Waals surface area contributed by atoms with Gasteiger partial charge in [-0.05, 0) is 24.3 Å². The molecular weight excluding hydrogens is 424 g/mol. The van der Waals surface area contributed by atoms with Gasteiger partial charge in [-0.15, -0.1) is 0 Å². The number of benzene rings is 1. The summed E-state index contributed by atoms with van der Waals surface area (Å²) in [5.74, 6) is -2.29. The Morgan fingerprint density at radius 1 is 1.17 bits per heavy atom. The van der Waals surface area contributed by atoms with Crippen molar-refractivity contribution in [2.75, 3.05) is 26.1 Å². The fourth-order valence-electron chi connectivity index (χ4n) is 2.82. The average molecular weight is 443 g/mol. The highest BCUT2D eigenvalue weighted by Crippen LogP contribution is 2.33. The highest BCUT2D eigenvalue weighted by molar-refractivity contribution is 7.90. The van der Waals surface area contributed by atoms with Crippen LogP contribution in [0.1, 0.15) is 11.3 Å². The van der Waals surface area contributed by atoms with E-state index in [-0.39, 0.29) is 23.9 Å². The first-order chi connectivity index (χ1) is 13.7. The van der Waals surface area contributed by atoms with E-state index in [0.29, 0.717) is 22.0 Å². The fourth-order valence-corrected chi connectivity index (χ4v) is 4.44. The number of aromatic nitrogens is 2. The maximum Gasteiger partial charge on any atom is 0.314 e. The number of nitrogens with zero attached hydrogens (tertiary/aromatic N) is 2. The largest absolute Gasteiger partial charge is 0.354 e. The van der Waals surface area contributed by atoms with Crippen molar-refractivity contribution in [3.8, 4) is 5.69 Å².